The Kier molecular flexibility index (Phi) is 4.68. The molecular formula is C10H13NO5. The van der Waals surface area contributed by atoms with E-state index >= 15 is 0 Å². The zero-order valence-electron chi connectivity index (χ0n) is 8.88. The van der Waals surface area contributed by atoms with Crippen LogP contribution >= 0.6 is 0 Å². The molecule has 0 aliphatic carbocycles. The van der Waals surface area contributed by atoms with Crippen LogP contribution in [0.2, 0.25) is 0 Å². The number of aliphatic hydroxyl groups is 1. The fourth-order valence-electron chi connectivity index (χ4n) is 1.13. The van der Waals surface area contributed by atoms with Crippen LogP contribution < -0.4 is 4.74 Å². The molecule has 0 unspecified atom stereocenters. The Bertz CT molecular complexity index is 366. The van der Waals surface area contributed by atoms with Gasteiger partial charge in [-0.1, -0.05) is 0 Å². The topological polar surface area (TPSA) is 81.8 Å². The lowest BCUT2D eigenvalue weighted by molar-refractivity contribution is -0.385. The van der Waals surface area contributed by atoms with E-state index in [2.05, 4.69) is 0 Å². The monoisotopic (exact) mass is 227 g/mol. The van der Waals surface area contributed by atoms with Gasteiger partial charge in [0.2, 0.25) is 0 Å². The molecule has 6 nitrogen and oxygen atoms in total. The highest BCUT2D eigenvalue weighted by Crippen LogP contribution is 2.24. The molecule has 0 radical (unpaired) electrons. The summed E-state index contributed by atoms with van der Waals surface area (Å²) in [6, 6.07) is 4.05. The van der Waals surface area contributed by atoms with Crippen LogP contribution in [0.1, 0.15) is 12.5 Å². The van der Waals surface area contributed by atoms with Gasteiger partial charge in [-0.05, 0) is 13.0 Å². The fraction of sp³-hybridized carbons (Fsp3) is 0.400. The molecule has 0 saturated carbocycles. The number of benzene rings is 1. The first kappa shape index (κ1) is 12.4. The van der Waals surface area contributed by atoms with Gasteiger partial charge in [-0.3, -0.25) is 10.1 Å². The van der Waals surface area contributed by atoms with E-state index in [-0.39, 0.29) is 19.1 Å². The van der Waals surface area contributed by atoms with Crippen molar-refractivity contribution >= 4 is 5.69 Å². The standard InChI is InChI=1S/C10H13NO5/c1-2-15-7-16-10-4-3-9(11(13)14)5-8(10)6-12/h3-5,12H,2,6-7H2,1H3. The van der Waals surface area contributed by atoms with E-state index in [1.807, 2.05) is 6.92 Å². The SMILES string of the molecule is CCOCOc1ccc([N+](=O)[O-])cc1CO. The number of nitro groups is 1. The van der Waals surface area contributed by atoms with Crippen molar-refractivity contribution in [3.63, 3.8) is 0 Å². The summed E-state index contributed by atoms with van der Waals surface area (Å²) in [7, 11) is 0. The highest BCUT2D eigenvalue weighted by Gasteiger charge is 2.10. The quantitative estimate of drug-likeness (QED) is 0.344. The zero-order chi connectivity index (χ0) is 12.0. The molecule has 1 N–H and O–H groups in total. The van der Waals surface area contributed by atoms with Crippen molar-refractivity contribution in [2.24, 2.45) is 0 Å². The molecule has 0 atom stereocenters. The molecule has 1 rings (SSSR count). The van der Waals surface area contributed by atoms with Gasteiger partial charge >= 0.3 is 0 Å². The van der Waals surface area contributed by atoms with Gasteiger partial charge in [-0.25, -0.2) is 0 Å². The maximum absolute atomic E-state index is 10.5. The van der Waals surface area contributed by atoms with Crippen molar-refractivity contribution in [1.82, 2.24) is 0 Å². The molecule has 0 fully saturated rings. The number of aliphatic hydroxyl groups excluding tert-OH is 1. The summed E-state index contributed by atoms with van der Waals surface area (Å²) in [4.78, 5) is 9.98. The number of rotatable bonds is 6. The summed E-state index contributed by atoms with van der Waals surface area (Å²) in [5.74, 6) is 0.390. The number of non-ortho nitro benzene ring substituents is 1. The Morgan fingerprint density at radius 1 is 1.50 bits per heavy atom. The molecule has 0 amide bonds. The predicted molar refractivity (Wildman–Crippen MR) is 56.1 cm³/mol. The van der Waals surface area contributed by atoms with Gasteiger partial charge in [0, 0.05) is 24.3 Å². The summed E-state index contributed by atoms with van der Waals surface area (Å²) < 4.78 is 10.2. The average Bonchev–Trinajstić information content (AvgIpc) is 2.29. The second-order valence-electron chi connectivity index (χ2n) is 2.96. The second-order valence-corrected chi connectivity index (χ2v) is 2.96. The highest BCUT2D eigenvalue weighted by molar-refractivity contribution is 5.43. The van der Waals surface area contributed by atoms with Gasteiger partial charge in [0.25, 0.3) is 5.69 Å². The van der Waals surface area contributed by atoms with E-state index in [0.29, 0.717) is 17.9 Å². The van der Waals surface area contributed by atoms with Gasteiger partial charge < -0.3 is 14.6 Å². The molecule has 6 heteroatoms. The first-order valence-corrected chi connectivity index (χ1v) is 4.77. The zero-order valence-corrected chi connectivity index (χ0v) is 8.88. The van der Waals surface area contributed by atoms with Crippen molar-refractivity contribution in [3.8, 4) is 5.75 Å². The van der Waals surface area contributed by atoms with E-state index in [9.17, 15) is 10.1 Å². The lowest BCUT2D eigenvalue weighted by Crippen LogP contribution is -2.04. The molecule has 0 aromatic heterocycles. The molecule has 0 aliphatic rings. The lowest BCUT2D eigenvalue weighted by Gasteiger charge is -2.09. The molecule has 0 bridgehead atoms. The van der Waals surface area contributed by atoms with Crippen LogP contribution in [-0.4, -0.2) is 23.4 Å². The minimum absolute atomic E-state index is 0.0569. The van der Waals surface area contributed by atoms with E-state index in [1.54, 1.807) is 0 Å². The van der Waals surface area contributed by atoms with Crippen molar-refractivity contribution in [1.29, 1.82) is 0 Å². The van der Waals surface area contributed by atoms with Crippen molar-refractivity contribution in [2.75, 3.05) is 13.4 Å². The van der Waals surface area contributed by atoms with Gasteiger partial charge in [-0.15, -0.1) is 0 Å². The Morgan fingerprint density at radius 3 is 2.81 bits per heavy atom. The normalized spacial score (nSPS) is 10.1. The Hall–Kier alpha value is -1.66. The fourth-order valence-corrected chi connectivity index (χ4v) is 1.13. The molecule has 1 aromatic carbocycles. The molecule has 1 aromatic rings. The smallest absolute Gasteiger partial charge is 0.270 e. The number of hydrogen-bond acceptors (Lipinski definition) is 5. The summed E-state index contributed by atoms with van der Waals surface area (Å²) in [6.45, 7) is 2.08. The Balaban J connectivity index is 2.80. The minimum atomic E-state index is -0.522. The van der Waals surface area contributed by atoms with Crippen LogP contribution in [0.5, 0.6) is 5.75 Å². The molecule has 0 aliphatic heterocycles. The second kappa shape index (κ2) is 6.04. The number of hydrogen-bond donors (Lipinski definition) is 1. The van der Waals surface area contributed by atoms with E-state index < -0.39 is 4.92 Å². The van der Waals surface area contributed by atoms with E-state index in [0.717, 1.165) is 0 Å². The maximum Gasteiger partial charge on any atom is 0.270 e. The third kappa shape index (κ3) is 3.18. The van der Waals surface area contributed by atoms with Crippen LogP contribution in [0, 0.1) is 10.1 Å². The summed E-state index contributed by atoms with van der Waals surface area (Å²) in [5, 5.41) is 19.5. The van der Waals surface area contributed by atoms with E-state index in [1.165, 1.54) is 18.2 Å². The van der Waals surface area contributed by atoms with Gasteiger partial charge in [0.05, 0.1) is 11.5 Å². The molecule has 0 heterocycles. The molecule has 88 valence electrons. The van der Waals surface area contributed by atoms with Crippen molar-refractivity contribution in [2.45, 2.75) is 13.5 Å². The van der Waals surface area contributed by atoms with Crippen LogP contribution in [0.25, 0.3) is 0 Å². The first-order valence-electron chi connectivity index (χ1n) is 4.77. The molecule has 16 heavy (non-hydrogen) atoms. The first-order chi connectivity index (χ1) is 7.69. The maximum atomic E-state index is 10.5. The third-order valence-electron chi connectivity index (χ3n) is 1.93. The average molecular weight is 227 g/mol. The van der Waals surface area contributed by atoms with Crippen LogP contribution in [0.15, 0.2) is 18.2 Å². The molecular weight excluding hydrogens is 214 g/mol. The minimum Gasteiger partial charge on any atom is -0.467 e. The highest BCUT2D eigenvalue weighted by atomic mass is 16.7. The largest absolute Gasteiger partial charge is 0.467 e. The van der Waals surface area contributed by atoms with Crippen LogP contribution in [-0.2, 0) is 11.3 Å². The molecule has 0 spiro atoms. The summed E-state index contributed by atoms with van der Waals surface area (Å²) >= 11 is 0. The summed E-state index contributed by atoms with van der Waals surface area (Å²) in [6.07, 6.45) is 0. The van der Waals surface area contributed by atoms with E-state index in [4.69, 9.17) is 14.6 Å². The molecule has 0 saturated heterocycles. The number of nitro benzene ring substituents is 1. The summed E-state index contributed by atoms with van der Waals surface area (Å²) in [5.41, 5.74) is 0.293. The van der Waals surface area contributed by atoms with Crippen molar-refractivity contribution in [3.05, 3.63) is 33.9 Å². The predicted octanol–water partition coefficient (Wildman–Crippen LogP) is 1.46. The number of nitrogens with zero attached hydrogens (tertiary/aromatic N) is 1. The Morgan fingerprint density at radius 2 is 2.25 bits per heavy atom. The van der Waals surface area contributed by atoms with Crippen LogP contribution in [0.4, 0.5) is 5.69 Å². The van der Waals surface area contributed by atoms with Gasteiger partial charge in [0.1, 0.15) is 5.75 Å². The lowest BCUT2D eigenvalue weighted by atomic mass is 10.2. The van der Waals surface area contributed by atoms with Crippen molar-refractivity contribution < 1.29 is 19.5 Å². The van der Waals surface area contributed by atoms with Gasteiger partial charge in [-0.2, -0.15) is 0 Å². The van der Waals surface area contributed by atoms with Gasteiger partial charge in [0.15, 0.2) is 6.79 Å². The van der Waals surface area contributed by atoms with Crippen LogP contribution in [0.3, 0.4) is 0 Å². The number of ether oxygens (including phenoxy) is 2. The Labute approximate surface area is 92.6 Å². The third-order valence-corrected chi connectivity index (χ3v) is 1.93.